The third-order valence-electron chi connectivity index (χ3n) is 2.47. The number of anilines is 1. The van der Waals surface area contributed by atoms with Crippen molar-refractivity contribution in [1.29, 1.82) is 0 Å². The summed E-state index contributed by atoms with van der Waals surface area (Å²) in [6, 6.07) is 6.21. The third kappa shape index (κ3) is 1.18. The highest BCUT2D eigenvalue weighted by Crippen LogP contribution is 2.23. The maximum Gasteiger partial charge on any atom is 0.0317 e. The van der Waals surface area contributed by atoms with Crippen LogP contribution in [0.5, 0.6) is 0 Å². The van der Waals surface area contributed by atoms with Crippen LogP contribution in [0, 0.1) is 0 Å². The predicted octanol–water partition coefficient (Wildman–Crippen LogP) is 1.60. The van der Waals surface area contributed by atoms with Gasteiger partial charge in [-0.2, -0.15) is 0 Å². The van der Waals surface area contributed by atoms with Gasteiger partial charge in [-0.05, 0) is 29.8 Å². The van der Waals surface area contributed by atoms with Crippen molar-refractivity contribution in [1.82, 2.24) is 4.90 Å². The van der Waals surface area contributed by atoms with Crippen molar-refractivity contribution in [3.05, 3.63) is 29.3 Å². The zero-order valence-electron chi connectivity index (χ0n) is 7.38. The number of nitrogens with two attached hydrogens (primary N) is 1. The van der Waals surface area contributed by atoms with E-state index in [1.807, 2.05) is 6.07 Å². The monoisotopic (exact) mass is 162 g/mol. The number of fused-ring (bicyclic) bond motifs is 1. The minimum Gasteiger partial charge on any atom is -0.399 e. The maximum atomic E-state index is 5.70. The smallest absolute Gasteiger partial charge is 0.0317 e. The molecule has 0 radical (unpaired) electrons. The molecule has 0 fully saturated rings. The van der Waals surface area contributed by atoms with Gasteiger partial charge < -0.3 is 5.73 Å². The molecule has 12 heavy (non-hydrogen) atoms. The fourth-order valence-electron chi connectivity index (χ4n) is 1.71. The van der Waals surface area contributed by atoms with E-state index in [1.165, 1.54) is 11.1 Å². The van der Waals surface area contributed by atoms with Crippen molar-refractivity contribution in [2.45, 2.75) is 20.0 Å². The average molecular weight is 162 g/mol. The highest BCUT2D eigenvalue weighted by atomic mass is 15.1. The SMILES string of the molecule is CCN1Cc2ccc(N)cc2C1. The van der Waals surface area contributed by atoms with Crippen LogP contribution in [0.3, 0.4) is 0 Å². The van der Waals surface area contributed by atoms with E-state index in [2.05, 4.69) is 24.0 Å². The van der Waals surface area contributed by atoms with Crippen LogP contribution in [0.25, 0.3) is 0 Å². The highest BCUT2D eigenvalue weighted by molar-refractivity contribution is 5.46. The molecule has 1 aliphatic heterocycles. The number of nitrogen functional groups attached to an aromatic ring is 1. The van der Waals surface area contributed by atoms with Crippen molar-refractivity contribution in [2.75, 3.05) is 12.3 Å². The minimum atomic E-state index is 0.881. The summed E-state index contributed by atoms with van der Waals surface area (Å²) in [6.07, 6.45) is 0. The zero-order valence-corrected chi connectivity index (χ0v) is 7.38. The van der Waals surface area contributed by atoms with E-state index < -0.39 is 0 Å². The Bertz CT molecular complexity index is 294. The van der Waals surface area contributed by atoms with Crippen molar-refractivity contribution < 1.29 is 0 Å². The van der Waals surface area contributed by atoms with Gasteiger partial charge in [-0.3, -0.25) is 4.90 Å². The Morgan fingerprint density at radius 1 is 1.33 bits per heavy atom. The van der Waals surface area contributed by atoms with Gasteiger partial charge in [0.1, 0.15) is 0 Å². The molecule has 2 nitrogen and oxygen atoms in total. The van der Waals surface area contributed by atoms with Crippen LogP contribution in [-0.4, -0.2) is 11.4 Å². The molecule has 64 valence electrons. The molecule has 0 spiro atoms. The van der Waals surface area contributed by atoms with Crippen molar-refractivity contribution in [2.24, 2.45) is 0 Å². The minimum absolute atomic E-state index is 0.881. The molecule has 2 N–H and O–H groups in total. The van der Waals surface area contributed by atoms with Gasteiger partial charge in [0.25, 0.3) is 0 Å². The number of hydrogen-bond acceptors (Lipinski definition) is 2. The van der Waals surface area contributed by atoms with Gasteiger partial charge >= 0.3 is 0 Å². The van der Waals surface area contributed by atoms with Crippen molar-refractivity contribution >= 4 is 5.69 Å². The first-order valence-corrected chi connectivity index (χ1v) is 4.39. The summed E-state index contributed by atoms with van der Waals surface area (Å²) in [4.78, 5) is 2.41. The summed E-state index contributed by atoms with van der Waals surface area (Å²) in [6.45, 7) is 5.47. The number of benzene rings is 1. The molecule has 2 rings (SSSR count). The number of hydrogen-bond donors (Lipinski definition) is 1. The molecular weight excluding hydrogens is 148 g/mol. The first-order chi connectivity index (χ1) is 5.79. The molecule has 0 aromatic heterocycles. The normalized spacial score (nSPS) is 16.4. The highest BCUT2D eigenvalue weighted by Gasteiger charge is 2.16. The lowest BCUT2D eigenvalue weighted by molar-refractivity contribution is 0.301. The summed E-state index contributed by atoms with van der Waals surface area (Å²) in [5, 5.41) is 0. The van der Waals surface area contributed by atoms with Crippen LogP contribution < -0.4 is 5.73 Å². The molecule has 1 aromatic rings. The first-order valence-electron chi connectivity index (χ1n) is 4.39. The second kappa shape index (κ2) is 2.79. The van der Waals surface area contributed by atoms with Gasteiger partial charge in [0.05, 0.1) is 0 Å². The van der Waals surface area contributed by atoms with Gasteiger partial charge in [0, 0.05) is 18.8 Å². The summed E-state index contributed by atoms with van der Waals surface area (Å²) in [5.74, 6) is 0. The molecule has 0 amide bonds. The van der Waals surface area contributed by atoms with E-state index in [9.17, 15) is 0 Å². The van der Waals surface area contributed by atoms with Crippen LogP contribution in [0.15, 0.2) is 18.2 Å². The predicted molar refractivity (Wildman–Crippen MR) is 50.6 cm³/mol. The maximum absolute atomic E-state index is 5.70. The molecule has 1 aromatic carbocycles. The zero-order chi connectivity index (χ0) is 8.55. The second-order valence-corrected chi connectivity index (χ2v) is 3.33. The molecule has 2 heteroatoms. The lowest BCUT2D eigenvalue weighted by Gasteiger charge is -2.09. The largest absolute Gasteiger partial charge is 0.399 e. The number of nitrogens with zero attached hydrogens (tertiary/aromatic N) is 1. The Morgan fingerprint density at radius 3 is 2.83 bits per heavy atom. The van der Waals surface area contributed by atoms with Crippen LogP contribution in [0.4, 0.5) is 5.69 Å². The second-order valence-electron chi connectivity index (χ2n) is 3.33. The van der Waals surface area contributed by atoms with E-state index >= 15 is 0 Å². The van der Waals surface area contributed by atoms with Gasteiger partial charge in [-0.1, -0.05) is 13.0 Å². The van der Waals surface area contributed by atoms with Crippen LogP contribution in [-0.2, 0) is 13.1 Å². The van der Waals surface area contributed by atoms with Crippen LogP contribution >= 0.6 is 0 Å². The van der Waals surface area contributed by atoms with Crippen molar-refractivity contribution in [3.8, 4) is 0 Å². The molecule has 0 atom stereocenters. The summed E-state index contributed by atoms with van der Waals surface area (Å²) in [5.41, 5.74) is 9.42. The van der Waals surface area contributed by atoms with Gasteiger partial charge in [-0.15, -0.1) is 0 Å². The molecule has 0 bridgehead atoms. The van der Waals surface area contributed by atoms with Crippen molar-refractivity contribution in [3.63, 3.8) is 0 Å². The van der Waals surface area contributed by atoms with E-state index in [0.29, 0.717) is 0 Å². The summed E-state index contributed by atoms with van der Waals surface area (Å²) < 4.78 is 0. The van der Waals surface area contributed by atoms with E-state index in [-0.39, 0.29) is 0 Å². The fourth-order valence-corrected chi connectivity index (χ4v) is 1.71. The van der Waals surface area contributed by atoms with E-state index in [0.717, 1.165) is 25.3 Å². The lowest BCUT2D eigenvalue weighted by atomic mass is 10.1. The standard InChI is InChI=1S/C10H14N2/c1-2-12-6-8-3-4-10(11)5-9(8)7-12/h3-5H,2,6-7,11H2,1H3. The van der Waals surface area contributed by atoms with E-state index in [1.54, 1.807) is 0 Å². The fraction of sp³-hybridized carbons (Fsp3) is 0.400. The lowest BCUT2D eigenvalue weighted by Crippen LogP contribution is -2.14. The van der Waals surface area contributed by atoms with E-state index in [4.69, 9.17) is 5.73 Å². The Labute approximate surface area is 73.0 Å². The first kappa shape index (κ1) is 7.62. The average Bonchev–Trinajstić information content (AvgIpc) is 2.46. The quantitative estimate of drug-likeness (QED) is 0.635. The van der Waals surface area contributed by atoms with Gasteiger partial charge in [-0.25, -0.2) is 0 Å². The van der Waals surface area contributed by atoms with Gasteiger partial charge in [0.15, 0.2) is 0 Å². The summed E-state index contributed by atoms with van der Waals surface area (Å²) in [7, 11) is 0. The molecule has 0 unspecified atom stereocenters. The number of rotatable bonds is 1. The Kier molecular flexibility index (Phi) is 1.77. The Balaban J connectivity index is 2.30. The Hall–Kier alpha value is -1.02. The molecule has 0 aliphatic carbocycles. The third-order valence-corrected chi connectivity index (χ3v) is 2.47. The molecule has 1 aliphatic rings. The topological polar surface area (TPSA) is 29.3 Å². The van der Waals surface area contributed by atoms with Crippen LogP contribution in [0.2, 0.25) is 0 Å². The molecule has 0 saturated heterocycles. The van der Waals surface area contributed by atoms with Crippen LogP contribution in [0.1, 0.15) is 18.1 Å². The Morgan fingerprint density at radius 2 is 2.08 bits per heavy atom. The molecule has 1 heterocycles. The molecular formula is C10H14N2. The van der Waals surface area contributed by atoms with Gasteiger partial charge in [0.2, 0.25) is 0 Å². The molecule has 0 saturated carbocycles. The summed E-state index contributed by atoms with van der Waals surface area (Å²) >= 11 is 0.